The fourth-order valence-corrected chi connectivity index (χ4v) is 10.7. The third-order valence-corrected chi connectivity index (χ3v) is 15.9. The number of aliphatic hydroxyl groups is 5. The quantitative estimate of drug-likeness (QED) is 0.0195. The number of unbranched alkanes of at least 4 members (excludes halogenated alkanes) is 44. The summed E-state index contributed by atoms with van der Waals surface area (Å²) in [4.78, 5) is 25.0. The van der Waals surface area contributed by atoms with Crippen LogP contribution in [0.3, 0.4) is 0 Å². The monoisotopic (exact) mass is 1080 g/mol. The third kappa shape index (κ3) is 44.2. The van der Waals surface area contributed by atoms with Gasteiger partial charge in [0.1, 0.15) is 24.4 Å². The molecule has 0 aromatic heterocycles. The molecule has 0 aliphatic carbocycles. The van der Waals surface area contributed by atoms with Gasteiger partial charge in [0.05, 0.1) is 32.0 Å². The van der Waals surface area contributed by atoms with Crippen LogP contribution in [0.15, 0.2) is 12.2 Å². The van der Waals surface area contributed by atoms with Crippen molar-refractivity contribution in [1.29, 1.82) is 0 Å². The minimum Gasteiger partial charge on any atom is -0.466 e. The Bertz CT molecular complexity index is 1270. The van der Waals surface area contributed by atoms with Crippen LogP contribution in [0, 0.1) is 0 Å². The summed E-state index contributed by atoms with van der Waals surface area (Å²) in [6.45, 7) is 4.35. The molecule has 76 heavy (non-hydrogen) atoms. The Morgan fingerprint density at radius 2 is 0.829 bits per heavy atom. The van der Waals surface area contributed by atoms with Crippen molar-refractivity contribution in [2.24, 2.45) is 0 Å². The lowest BCUT2D eigenvalue weighted by Crippen LogP contribution is -2.60. The fraction of sp³-hybridized carbons (Fsp3) is 0.938. The highest BCUT2D eigenvalue weighted by molar-refractivity contribution is 5.76. The smallest absolute Gasteiger partial charge is 0.305 e. The highest BCUT2D eigenvalue weighted by Crippen LogP contribution is 2.23. The van der Waals surface area contributed by atoms with Crippen molar-refractivity contribution < 1.29 is 49.3 Å². The number of nitrogens with one attached hydrogen (secondary N) is 1. The van der Waals surface area contributed by atoms with E-state index in [1.165, 1.54) is 250 Å². The van der Waals surface area contributed by atoms with E-state index < -0.39 is 49.5 Å². The number of amides is 1. The third-order valence-electron chi connectivity index (χ3n) is 15.9. The zero-order valence-corrected chi connectivity index (χ0v) is 49.7. The minimum atomic E-state index is -1.57. The normalized spacial score (nSPS) is 18.6. The first kappa shape index (κ1) is 72.4. The van der Waals surface area contributed by atoms with Gasteiger partial charge in [-0.2, -0.15) is 0 Å². The molecule has 1 fully saturated rings. The SMILES string of the molecule is CCCCCCCCCC/C=C/C(O)C(COC1OC(CO)C(O)C(O)C1O)NC(=O)CCCCCCCCCCCCCCCCCCCCCCCCCCCCCOC(=O)CCCCCCCCCCCCC. The van der Waals surface area contributed by atoms with Crippen molar-refractivity contribution in [3.8, 4) is 0 Å². The summed E-state index contributed by atoms with van der Waals surface area (Å²) in [6.07, 6.45) is 56.2. The molecule has 7 unspecified atom stereocenters. The van der Waals surface area contributed by atoms with Crippen LogP contribution in [-0.2, 0) is 23.8 Å². The maximum absolute atomic E-state index is 13.0. The zero-order valence-electron chi connectivity index (χ0n) is 49.7. The number of hydrogen-bond donors (Lipinski definition) is 6. The molecule has 0 aromatic carbocycles. The summed E-state index contributed by atoms with van der Waals surface area (Å²) < 4.78 is 16.7. The molecule has 11 nitrogen and oxygen atoms in total. The molecule has 7 atom stereocenters. The number of carbonyl (C=O) groups excluding carboxylic acids is 2. The average molecular weight is 1080 g/mol. The maximum Gasteiger partial charge on any atom is 0.305 e. The first-order valence-electron chi connectivity index (χ1n) is 33.0. The average Bonchev–Trinajstić information content (AvgIpc) is 3.42. The topological polar surface area (TPSA) is 175 Å². The lowest BCUT2D eigenvalue weighted by Gasteiger charge is -2.40. The molecule has 1 aliphatic rings. The molecular weight excluding hydrogens is 955 g/mol. The predicted octanol–water partition coefficient (Wildman–Crippen LogP) is 15.9. The molecule has 1 rings (SSSR count). The van der Waals surface area contributed by atoms with Gasteiger partial charge < -0.3 is 45.1 Å². The van der Waals surface area contributed by atoms with Gasteiger partial charge in [-0.25, -0.2) is 0 Å². The van der Waals surface area contributed by atoms with Crippen LogP contribution in [0.2, 0.25) is 0 Å². The van der Waals surface area contributed by atoms with Crippen LogP contribution < -0.4 is 5.32 Å². The molecule has 1 aliphatic heterocycles. The number of allylic oxidation sites excluding steroid dienone is 1. The van der Waals surface area contributed by atoms with E-state index in [0.717, 1.165) is 51.4 Å². The van der Waals surface area contributed by atoms with Crippen LogP contribution >= 0.6 is 0 Å². The summed E-state index contributed by atoms with van der Waals surface area (Å²) >= 11 is 0. The van der Waals surface area contributed by atoms with Gasteiger partial charge in [-0.1, -0.05) is 296 Å². The predicted molar refractivity (Wildman–Crippen MR) is 315 cm³/mol. The molecule has 0 saturated carbocycles. The van der Waals surface area contributed by atoms with Gasteiger partial charge in [0, 0.05) is 12.8 Å². The Morgan fingerprint density at radius 1 is 0.474 bits per heavy atom. The molecule has 1 saturated heterocycles. The van der Waals surface area contributed by atoms with Crippen molar-refractivity contribution in [1.82, 2.24) is 5.32 Å². The lowest BCUT2D eigenvalue weighted by molar-refractivity contribution is -0.302. The summed E-state index contributed by atoms with van der Waals surface area (Å²) in [5.74, 6) is -0.170. The van der Waals surface area contributed by atoms with Crippen LogP contribution in [0.1, 0.15) is 328 Å². The van der Waals surface area contributed by atoms with E-state index in [4.69, 9.17) is 14.2 Å². The number of hydrogen-bond acceptors (Lipinski definition) is 10. The van der Waals surface area contributed by atoms with Gasteiger partial charge in [0.15, 0.2) is 6.29 Å². The summed E-state index contributed by atoms with van der Waals surface area (Å²) in [5, 5.41) is 54.3. The second kappa shape index (κ2) is 55.3. The van der Waals surface area contributed by atoms with E-state index in [1.54, 1.807) is 6.08 Å². The highest BCUT2D eigenvalue weighted by Gasteiger charge is 2.44. The van der Waals surface area contributed by atoms with Gasteiger partial charge in [-0.15, -0.1) is 0 Å². The van der Waals surface area contributed by atoms with Crippen LogP contribution in [0.25, 0.3) is 0 Å². The molecule has 0 aromatic rings. The first-order chi connectivity index (χ1) is 37.2. The largest absolute Gasteiger partial charge is 0.466 e. The molecule has 1 amide bonds. The molecule has 450 valence electrons. The lowest BCUT2D eigenvalue weighted by atomic mass is 9.99. The van der Waals surface area contributed by atoms with Crippen LogP contribution in [0.5, 0.6) is 0 Å². The Balaban J connectivity index is 1.95. The zero-order chi connectivity index (χ0) is 55.2. The van der Waals surface area contributed by atoms with Crippen LogP contribution in [-0.4, -0.2) is 100 Å². The molecule has 0 bridgehead atoms. The standard InChI is InChI=1S/C65H125NO10/c1-3-5-7-9-11-13-32-37-41-45-49-53-61(70)74-54-50-46-42-38-34-31-29-27-25-23-21-19-17-15-16-18-20-22-24-26-28-30-33-36-40-44-48-52-60(69)66-57(56-75-65-64(73)63(72)62(71)59(55-67)76-65)58(68)51-47-43-39-35-14-12-10-8-6-4-2/h47,51,57-59,62-65,67-68,71-73H,3-46,48-50,52-56H2,1-2H3,(H,66,69)/b51-47+. The number of rotatable bonds is 58. The van der Waals surface area contributed by atoms with Crippen molar-refractivity contribution in [3.05, 3.63) is 12.2 Å². The van der Waals surface area contributed by atoms with Gasteiger partial charge in [0.25, 0.3) is 0 Å². The van der Waals surface area contributed by atoms with Gasteiger partial charge in [0.2, 0.25) is 5.91 Å². The van der Waals surface area contributed by atoms with Gasteiger partial charge >= 0.3 is 5.97 Å². The Morgan fingerprint density at radius 3 is 1.22 bits per heavy atom. The Labute approximate surface area is 468 Å². The maximum atomic E-state index is 13.0. The van der Waals surface area contributed by atoms with Gasteiger partial charge in [-0.3, -0.25) is 9.59 Å². The number of aliphatic hydroxyl groups excluding tert-OH is 5. The minimum absolute atomic E-state index is 0.00871. The molecule has 0 radical (unpaired) electrons. The van der Waals surface area contributed by atoms with E-state index in [9.17, 15) is 35.1 Å². The molecule has 0 spiro atoms. The van der Waals surface area contributed by atoms with E-state index in [2.05, 4.69) is 19.2 Å². The first-order valence-corrected chi connectivity index (χ1v) is 33.0. The van der Waals surface area contributed by atoms with E-state index in [-0.39, 0.29) is 18.5 Å². The molecule has 6 N–H and O–H groups in total. The Hall–Kier alpha value is -1.60. The van der Waals surface area contributed by atoms with Crippen molar-refractivity contribution in [3.63, 3.8) is 0 Å². The molecule has 11 heteroatoms. The fourth-order valence-electron chi connectivity index (χ4n) is 10.7. The molecular formula is C65H125NO10. The van der Waals surface area contributed by atoms with Gasteiger partial charge in [-0.05, 0) is 32.1 Å². The summed E-state index contributed by atoms with van der Waals surface area (Å²) in [6, 6.07) is -0.806. The number of ether oxygens (including phenoxy) is 3. The summed E-state index contributed by atoms with van der Waals surface area (Å²) in [5.41, 5.74) is 0. The second-order valence-corrected chi connectivity index (χ2v) is 23.2. The van der Waals surface area contributed by atoms with Crippen molar-refractivity contribution >= 4 is 11.9 Å². The van der Waals surface area contributed by atoms with E-state index in [0.29, 0.717) is 19.4 Å². The van der Waals surface area contributed by atoms with Crippen molar-refractivity contribution in [2.45, 2.75) is 371 Å². The number of esters is 1. The second-order valence-electron chi connectivity index (χ2n) is 23.2. The summed E-state index contributed by atoms with van der Waals surface area (Å²) in [7, 11) is 0. The van der Waals surface area contributed by atoms with Crippen molar-refractivity contribution in [2.75, 3.05) is 19.8 Å². The van der Waals surface area contributed by atoms with E-state index >= 15 is 0 Å². The van der Waals surface area contributed by atoms with Crippen LogP contribution in [0.4, 0.5) is 0 Å². The Kier molecular flexibility index (Phi) is 52.7. The molecule has 1 heterocycles. The highest BCUT2D eigenvalue weighted by atomic mass is 16.7. The van der Waals surface area contributed by atoms with E-state index in [1.807, 2.05) is 6.08 Å². The number of carbonyl (C=O) groups is 2.